The van der Waals surface area contributed by atoms with Gasteiger partial charge in [-0.25, -0.2) is 9.78 Å². The average molecular weight is 404 g/mol. The zero-order valence-corrected chi connectivity index (χ0v) is 17.1. The lowest BCUT2D eigenvalue weighted by Gasteiger charge is -2.25. The van der Waals surface area contributed by atoms with E-state index < -0.39 is 0 Å². The van der Waals surface area contributed by atoms with Gasteiger partial charge >= 0.3 is 6.03 Å². The second-order valence-corrected chi connectivity index (χ2v) is 8.72. The number of nitrogens with one attached hydrogen (secondary N) is 3. The predicted molar refractivity (Wildman–Crippen MR) is 116 cm³/mol. The van der Waals surface area contributed by atoms with Crippen LogP contribution >= 0.6 is 23.1 Å². The van der Waals surface area contributed by atoms with Crippen molar-refractivity contribution in [3.8, 4) is 0 Å². The summed E-state index contributed by atoms with van der Waals surface area (Å²) in [6, 6.07) is 7.52. The summed E-state index contributed by atoms with van der Waals surface area (Å²) < 4.78 is 0. The Morgan fingerprint density at radius 1 is 1.22 bits per heavy atom. The molecule has 27 heavy (non-hydrogen) atoms. The van der Waals surface area contributed by atoms with Crippen LogP contribution in [0.1, 0.15) is 10.4 Å². The van der Waals surface area contributed by atoms with Crippen LogP contribution in [0.5, 0.6) is 0 Å². The van der Waals surface area contributed by atoms with Gasteiger partial charge in [0.2, 0.25) is 0 Å². The molecule has 1 saturated heterocycles. The SMILES string of the molecule is C=C(NC(=O)Nc1ncc(CCN2CCSCC2)s1)Nc1ccc(C)cc1. The highest BCUT2D eigenvalue weighted by Gasteiger charge is 2.12. The first-order valence-electron chi connectivity index (χ1n) is 8.94. The highest BCUT2D eigenvalue weighted by atomic mass is 32.2. The number of urea groups is 1. The van der Waals surface area contributed by atoms with Gasteiger partial charge in [0.15, 0.2) is 5.13 Å². The number of thioether (sulfide) groups is 1. The number of hydrogen-bond acceptors (Lipinski definition) is 6. The number of carbonyl (C=O) groups is 1. The number of nitrogens with zero attached hydrogens (tertiary/aromatic N) is 2. The first-order valence-corrected chi connectivity index (χ1v) is 10.9. The fraction of sp³-hybridized carbons (Fsp3) is 0.368. The van der Waals surface area contributed by atoms with Crippen molar-refractivity contribution >= 4 is 39.9 Å². The Labute approximate surface area is 168 Å². The number of rotatable bonds is 7. The van der Waals surface area contributed by atoms with Crippen LogP contribution in [0.3, 0.4) is 0 Å². The summed E-state index contributed by atoms with van der Waals surface area (Å²) >= 11 is 3.54. The van der Waals surface area contributed by atoms with Gasteiger partial charge in [0.1, 0.15) is 5.82 Å². The maximum Gasteiger partial charge on any atom is 0.326 e. The highest BCUT2D eigenvalue weighted by molar-refractivity contribution is 7.99. The minimum Gasteiger partial charge on any atom is -0.342 e. The Morgan fingerprint density at radius 3 is 2.70 bits per heavy atom. The summed E-state index contributed by atoms with van der Waals surface area (Å²) in [5.74, 6) is 2.85. The van der Waals surface area contributed by atoms with Crippen LogP contribution in [-0.4, -0.2) is 47.1 Å². The molecule has 8 heteroatoms. The van der Waals surface area contributed by atoms with Crippen LogP contribution in [0, 0.1) is 6.92 Å². The minimum atomic E-state index is -0.353. The quantitative estimate of drug-likeness (QED) is 0.657. The van der Waals surface area contributed by atoms with Crippen LogP contribution in [0.15, 0.2) is 42.9 Å². The van der Waals surface area contributed by atoms with Gasteiger partial charge in [-0.1, -0.05) is 24.3 Å². The molecule has 6 nitrogen and oxygen atoms in total. The molecule has 0 spiro atoms. The van der Waals surface area contributed by atoms with Crippen molar-refractivity contribution < 1.29 is 4.79 Å². The molecular weight excluding hydrogens is 378 g/mol. The van der Waals surface area contributed by atoms with E-state index in [1.807, 2.05) is 49.1 Å². The molecule has 1 aromatic heterocycles. The molecule has 0 unspecified atom stereocenters. The van der Waals surface area contributed by atoms with E-state index in [9.17, 15) is 4.79 Å². The first-order chi connectivity index (χ1) is 13.1. The van der Waals surface area contributed by atoms with Crippen LogP contribution in [0.2, 0.25) is 0 Å². The average Bonchev–Trinajstić information content (AvgIpc) is 3.10. The largest absolute Gasteiger partial charge is 0.342 e. The molecule has 1 aromatic carbocycles. The normalized spacial score (nSPS) is 14.6. The molecule has 2 heterocycles. The fourth-order valence-corrected chi connectivity index (χ4v) is 4.46. The van der Waals surface area contributed by atoms with Gasteiger partial charge in [0.05, 0.1) is 0 Å². The van der Waals surface area contributed by atoms with E-state index in [2.05, 4.69) is 32.4 Å². The third kappa shape index (κ3) is 6.57. The van der Waals surface area contributed by atoms with Crippen LogP contribution < -0.4 is 16.0 Å². The Balaban J connectivity index is 1.41. The van der Waals surface area contributed by atoms with E-state index in [1.54, 1.807) is 0 Å². The predicted octanol–water partition coefficient (Wildman–Crippen LogP) is 3.75. The molecule has 3 N–H and O–H groups in total. The molecule has 0 radical (unpaired) electrons. The van der Waals surface area contributed by atoms with Gasteiger partial charge in [0, 0.05) is 47.9 Å². The lowest BCUT2D eigenvalue weighted by atomic mass is 10.2. The molecule has 2 aromatic rings. The monoisotopic (exact) mass is 403 g/mol. The summed E-state index contributed by atoms with van der Waals surface area (Å²) in [5, 5.41) is 9.10. The van der Waals surface area contributed by atoms with Crippen molar-refractivity contribution in [3.05, 3.63) is 53.3 Å². The molecule has 2 amide bonds. The summed E-state index contributed by atoms with van der Waals surface area (Å²) in [5.41, 5.74) is 2.05. The number of aryl methyl sites for hydroxylation is 1. The number of aromatic nitrogens is 1. The molecule has 1 aliphatic heterocycles. The maximum absolute atomic E-state index is 12.1. The van der Waals surface area contributed by atoms with Crippen molar-refractivity contribution in [1.29, 1.82) is 0 Å². The molecule has 3 rings (SSSR count). The van der Waals surface area contributed by atoms with Gasteiger partial charge < -0.3 is 10.2 Å². The topological polar surface area (TPSA) is 69.3 Å². The lowest BCUT2D eigenvalue weighted by molar-refractivity contribution is 0.254. The standard InChI is InChI=1S/C19H25N5OS2/c1-14-3-5-16(6-4-14)21-15(2)22-18(25)23-19-20-13-17(27-19)7-8-24-9-11-26-12-10-24/h3-6,13,21H,2,7-12H2,1H3,(H2,20,22,23,25). The van der Waals surface area contributed by atoms with Crippen LogP contribution in [-0.2, 0) is 6.42 Å². The number of thiazole rings is 1. The Hall–Kier alpha value is -2.03. The third-order valence-corrected chi connectivity index (χ3v) is 6.08. The third-order valence-electron chi connectivity index (χ3n) is 4.16. The Morgan fingerprint density at radius 2 is 1.96 bits per heavy atom. The van der Waals surface area contributed by atoms with Crippen LogP contribution in [0.4, 0.5) is 15.6 Å². The molecule has 0 aliphatic carbocycles. The van der Waals surface area contributed by atoms with Gasteiger partial charge in [-0.2, -0.15) is 11.8 Å². The lowest BCUT2D eigenvalue weighted by Crippen LogP contribution is -2.34. The van der Waals surface area contributed by atoms with E-state index >= 15 is 0 Å². The molecule has 0 saturated carbocycles. The van der Waals surface area contributed by atoms with E-state index in [4.69, 9.17) is 0 Å². The van der Waals surface area contributed by atoms with Crippen molar-refractivity contribution in [2.75, 3.05) is 41.8 Å². The molecule has 0 bridgehead atoms. The maximum atomic E-state index is 12.1. The second-order valence-electron chi connectivity index (χ2n) is 6.38. The number of benzene rings is 1. The first kappa shape index (κ1) is 19.7. The molecule has 1 aliphatic rings. The van der Waals surface area contributed by atoms with Crippen molar-refractivity contribution in [2.45, 2.75) is 13.3 Å². The summed E-state index contributed by atoms with van der Waals surface area (Å²) in [6.07, 6.45) is 2.81. The smallest absolute Gasteiger partial charge is 0.326 e. The van der Waals surface area contributed by atoms with Crippen molar-refractivity contribution in [2.24, 2.45) is 0 Å². The number of anilines is 2. The van der Waals surface area contributed by atoms with E-state index in [0.717, 1.165) is 31.7 Å². The molecule has 0 atom stereocenters. The van der Waals surface area contributed by atoms with Crippen LogP contribution in [0.25, 0.3) is 0 Å². The number of carbonyl (C=O) groups excluding carboxylic acids is 1. The van der Waals surface area contributed by atoms with Crippen molar-refractivity contribution in [1.82, 2.24) is 15.2 Å². The highest BCUT2D eigenvalue weighted by Crippen LogP contribution is 2.19. The zero-order chi connectivity index (χ0) is 19.1. The minimum absolute atomic E-state index is 0.353. The Kier molecular flexibility index (Phi) is 7.14. The fourth-order valence-electron chi connectivity index (χ4n) is 2.68. The van der Waals surface area contributed by atoms with E-state index in [0.29, 0.717) is 11.0 Å². The number of hydrogen-bond donors (Lipinski definition) is 3. The summed E-state index contributed by atoms with van der Waals surface area (Å²) in [6.45, 7) is 9.23. The van der Waals surface area contributed by atoms with E-state index in [-0.39, 0.29) is 6.03 Å². The van der Waals surface area contributed by atoms with Gasteiger partial charge in [0.25, 0.3) is 0 Å². The molecular formula is C19H25N5OS2. The zero-order valence-electron chi connectivity index (χ0n) is 15.5. The summed E-state index contributed by atoms with van der Waals surface area (Å²) in [4.78, 5) is 20.1. The Bertz CT molecular complexity index is 769. The van der Waals surface area contributed by atoms with Gasteiger partial charge in [-0.05, 0) is 25.5 Å². The second kappa shape index (κ2) is 9.77. The van der Waals surface area contributed by atoms with Gasteiger partial charge in [-0.3, -0.25) is 10.6 Å². The van der Waals surface area contributed by atoms with E-state index in [1.165, 1.54) is 33.3 Å². The number of amides is 2. The molecule has 144 valence electrons. The molecule has 1 fully saturated rings. The van der Waals surface area contributed by atoms with Crippen molar-refractivity contribution in [3.63, 3.8) is 0 Å². The summed E-state index contributed by atoms with van der Waals surface area (Å²) in [7, 11) is 0. The van der Waals surface area contributed by atoms with Gasteiger partial charge in [-0.15, -0.1) is 11.3 Å².